The third-order valence-electron chi connectivity index (χ3n) is 5.18. The van der Waals surface area contributed by atoms with E-state index in [2.05, 4.69) is 10.6 Å². The molecule has 1 aromatic carbocycles. The summed E-state index contributed by atoms with van der Waals surface area (Å²) >= 11 is 0. The van der Waals surface area contributed by atoms with E-state index in [4.69, 9.17) is 9.47 Å². The lowest BCUT2D eigenvalue weighted by atomic mass is 9.98. The van der Waals surface area contributed by atoms with Crippen molar-refractivity contribution in [1.29, 1.82) is 0 Å². The van der Waals surface area contributed by atoms with E-state index in [0.29, 0.717) is 24.3 Å². The van der Waals surface area contributed by atoms with Crippen LogP contribution in [0.5, 0.6) is 5.75 Å². The Labute approximate surface area is 168 Å². The van der Waals surface area contributed by atoms with Crippen molar-refractivity contribution in [3.05, 3.63) is 24.3 Å². The van der Waals surface area contributed by atoms with Crippen LogP contribution < -0.4 is 15.4 Å². The molecule has 0 aromatic heterocycles. The topological polar surface area (TPSA) is 114 Å². The summed E-state index contributed by atoms with van der Waals surface area (Å²) in [6, 6.07) is 6.41. The first-order valence-electron chi connectivity index (χ1n) is 9.67. The third kappa shape index (κ3) is 4.85. The standard InChI is InChI=1S/C20H25N3O6/c1-28-15-7-4-6-14(12-15)21-16(24)13-29-17(25)8-5-11-23-18(26)20(22-19(23)27)9-2-3-10-20/h4,6-7,12H,2-3,5,8-11,13H2,1H3,(H,21,24)(H,22,27). The normalized spacial score (nSPS) is 17.3. The van der Waals surface area contributed by atoms with Crippen molar-refractivity contribution < 1.29 is 28.7 Å². The number of hydrogen-bond acceptors (Lipinski definition) is 6. The minimum atomic E-state index is -0.740. The maximum absolute atomic E-state index is 12.5. The fourth-order valence-corrected chi connectivity index (χ4v) is 3.69. The molecule has 2 N–H and O–H groups in total. The molecular formula is C20H25N3O6. The maximum Gasteiger partial charge on any atom is 0.325 e. The van der Waals surface area contributed by atoms with Gasteiger partial charge in [-0.05, 0) is 31.4 Å². The summed E-state index contributed by atoms with van der Waals surface area (Å²) in [7, 11) is 1.52. The third-order valence-corrected chi connectivity index (χ3v) is 5.18. The molecule has 1 heterocycles. The summed E-state index contributed by atoms with van der Waals surface area (Å²) in [4.78, 5) is 49.5. The van der Waals surface area contributed by atoms with Gasteiger partial charge in [-0.2, -0.15) is 0 Å². The Kier molecular flexibility index (Phi) is 6.36. The molecule has 9 heteroatoms. The molecule has 0 bridgehead atoms. The number of carbonyl (C=O) groups excluding carboxylic acids is 4. The molecule has 0 radical (unpaired) electrons. The molecule has 1 saturated carbocycles. The first kappa shape index (κ1) is 20.6. The zero-order valence-electron chi connectivity index (χ0n) is 16.4. The van der Waals surface area contributed by atoms with Crippen LogP contribution in [0.4, 0.5) is 10.5 Å². The van der Waals surface area contributed by atoms with Crippen molar-refractivity contribution >= 4 is 29.5 Å². The number of amides is 4. The summed E-state index contributed by atoms with van der Waals surface area (Å²) in [5.74, 6) is -0.636. The van der Waals surface area contributed by atoms with Gasteiger partial charge in [0, 0.05) is 24.7 Å². The Morgan fingerprint density at radius 3 is 2.72 bits per heavy atom. The number of nitrogens with zero attached hydrogens (tertiary/aromatic N) is 1. The Morgan fingerprint density at radius 2 is 2.00 bits per heavy atom. The monoisotopic (exact) mass is 403 g/mol. The second kappa shape index (κ2) is 8.93. The molecule has 1 saturated heterocycles. The summed E-state index contributed by atoms with van der Waals surface area (Å²) in [6.45, 7) is -0.264. The fraction of sp³-hybridized carbons (Fsp3) is 0.500. The van der Waals surface area contributed by atoms with Crippen LogP contribution >= 0.6 is 0 Å². The van der Waals surface area contributed by atoms with Crippen molar-refractivity contribution in [2.45, 2.75) is 44.1 Å². The lowest BCUT2D eigenvalue weighted by Crippen LogP contribution is -2.44. The first-order chi connectivity index (χ1) is 13.9. The number of rotatable bonds is 8. The molecule has 2 aliphatic rings. The zero-order chi connectivity index (χ0) is 20.9. The predicted octanol–water partition coefficient (Wildman–Crippen LogP) is 1.82. The number of nitrogens with one attached hydrogen (secondary N) is 2. The van der Waals surface area contributed by atoms with Crippen LogP contribution in [0.2, 0.25) is 0 Å². The highest BCUT2D eigenvalue weighted by atomic mass is 16.5. The molecule has 29 heavy (non-hydrogen) atoms. The van der Waals surface area contributed by atoms with E-state index in [-0.39, 0.29) is 25.3 Å². The molecule has 3 rings (SSSR count). The molecule has 1 aliphatic heterocycles. The van der Waals surface area contributed by atoms with Crippen molar-refractivity contribution in [3.63, 3.8) is 0 Å². The van der Waals surface area contributed by atoms with Crippen LogP contribution in [-0.2, 0) is 19.1 Å². The molecule has 0 atom stereocenters. The van der Waals surface area contributed by atoms with Crippen molar-refractivity contribution in [3.8, 4) is 5.75 Å². The van der Waals surface area contributed by atoms with Crippen LogP contribution in [0.15, 0.2) is 24.3 Å². The Balaban J connectivity index is 1.37. The highest BCUT2D eigenvalue weighted by Gasteiger charge is 2.52. The highest BCUT2D eigenvalue weighted by Crippen LogP contribution is 2.35. The van der Waals surface area contributed by atoms with Gasteiger partial charge < -0.3 is 20.1 Å². The van der Waals surface area contributed by atoms with Gasteiger partial charge in [-0.25, -0.2) is 4.79 Å². The second-order valence-electron chi connectivity index (χ2n) is 7.22. The number of esters is 1. The number of anilines is 1. The number of ether oxygens (including phenoxy) is 2. The van der Waals surface area contributed by atoms with Gasteiger partial charge in [-0.3, -0.25) is 19.3 Å². The lowest BCUT2D eigenvalue weighted by Gasteiger charge is -2.19. The highest BCUT2D eigenvalue weighted by molar-refractivity contribution is 6.07. The van der Waals surface area contributed by atoms with Gasteiger partial charge in [0.2, 0.25) is 0 Å². The van der Waals surface area contributed by atoms with E-state index >= 15 is 0 Å². The quantitative estimate of drug-likeness (QED) is 0.506. The number of benzene rings is 1. The Hall–Kier alpha value is -3.10. The lowest BCUT2D eigenvalue weighted by molar-refractivity contribution is -0.147. The second-order valence-corrected chi connectivity index (χ2v) is 7.22. The van der Waals surface area contributed by atoms with E-state index in [0.717, 1.165) is 12.8 Å². The van der Waals surface area contributed by atoms with Crippen LogP contribution in [0.25, 0.3) is 0 Å². The number of carbonyl (C=O) groups is 4. The minimum Gasteiger partial charge on any atom is -0.497 e. The van der Waals surface area contributed by atoms with Gasteiger partial charge in [-0.15, -0.1) is 0 Å². The molecule has 0 unspecified atom stereocenters. The molecule has 4 amide bonds. The summed E-state index contributed by atoms with van der Waals surface area (Å²) < 4.78 is 10.0. The maximum atomic E-state index is 12.5. The van der Waals surface area contributed by atoms with Crippen molar-refractivity contribution in [2.75, 3.05) is 25.6 Å². The summed E-state index contributed by atoms with van der Waals surface area (Å²) in [6.07, 6.45) is 3.47. The van der Waals surface area contributed by atoms with Crippen LogP contribution in [-0.4, -0.2) is 54.5 Å². The fourth-order valence-electron chi connectivity index (χ4n) is 3.69. The minimum absolute atomic E-state index is 0.0104. The largest absolute Gasteiger partial charge is 0.497 e. The number of hydrogen-bond donors (Lipinski definition) is 2. The van der Waals surface area contributed by atoms with Crippen molar-refractivity contribution in [2.24, 2.45) is 0 Å². The van der Waals surface area contributed by atoms with Crippen LogP contribution in [0, 0.1) is 0 Å². The summed E-state index contributed by atoms with van der Waals surface area (Å²) in [5, 5.41) is 5.41. The van der Waals surface area contributed by atoms with Gasteiger partial charge >= 0.3 is 12.0 Å². The number of urea groups is 1. The Morgan fingerprint density at radius 1 is 1.24 bits per heavy atom. The van der Waals surface area contributed by atoms with Crippen LogP contribution in [0.1, 0.15) is 38.5 Å². The summed E-state index contributed by atoms with van der Waals surface area (Å²) in [5.41, 5.74) is -0.208. The molecule has 9 nitrogen and oxygen atoms in total. The molecule has 156 valence electrons. The van der Waals surface area contributed by atoms with Gasteiger partial charge in [-0.1, -0.05) is 18.9 Å². The van der Waals surface area contributed by atoms with Gasteiger partial charge in [0.15, 0.2) is 6.61 Å². The zero-order valence-corrected chi connectivity index (χ0v) is 16.4. The number of methoxy groups -OCH3 is 1. The van der Waals surface area contributed by atoms with E-state index < -0.39 is 30.1 Å². The molecule has 2 fully saturated rings. The average molecular weight is 403 g/mol. The predicted molar refractivity (Wildman–Crippen MR) is 103 cm³/mol. The van der Waals surface area contributed by atoms with E-state index in [9.17, 15) is 19.2 Å². The molecule has 1 aromatic rings. The van der Waals surface area contributed by atoms with E-state index in [1.165, 1.54) is 12.0 Å². The smallest absolute Gasteiger partial charge is 0.325 e. The van der Waals surface area contributed by atoms with Gasteiger partial charge in [0.25, 0.3) is 11.8 Å². The van der Waals surface area contributed by atoms with Gasteiger partial charge in [0.1, 0.15) is 11.3 Å². The van der Waals surface area contributed by atoms with Crippen LogP contribution in [0.3, 0.4) is 0 Å². The molecular weight excluding hydrogens is 378 g/mol. The molecule has 1 spiro atoms. The molecule has 1 aliphatic carbocycles. The Bertz CT molecular complexity index is 803. The van der Waals surface area contributed by atoms with Gasteiger partial charge in [0.05, 0.1) is 7.11 Å². The van der Waals surface area contributed by atoms with E-state index in [1.54, 1.807) is 24.3 Å². The number of imide groups is 1. The van der Waals surface area contributed by atoms with E-state index in [1.807, 2.05) is 0 Å². The first-order valence-corrected chi connectivity index (χ1v) is 9.67. The SMILES string of the molecule is COc1cccc(NC(=O)COC(=O)CCCN2C(=O)NC3(CCCC3)C2=O)c1. The average Bonchev–Trinajstić information content (AvgIpc) is 3.27. The van der Waals surface area contributed by atoms with Crippen molar-refractivity contribution in [1.82, 2.24) is 10.2 Å².